The van der Waals surface area contributed by atoms with Crippen LogP contribution >= 0.6 is 0 Å². The van der Waals surface area contributed by atoms with E-state index in [1.54, 1.807) is 0 Å². The number of aliphatic carboxylic acids is 1. The molecule has 0 heterocycles. The van der Waals surface area contributed by atoms with Crippen molar-refractivity contribution in [2.24, 2.45) is 5.73 Å². The number of hydrogen-bond donors (Lipinski definition) is 3. The molecular formula is C7H13NO5. The first kappa shape index (κ1) is 11.9. The summed E-state index contributed by atoms with van der Waals surface area (Å²) in [4.78, 5) is 20.8. The second-order valence-corrected chi connectivity index (χ2v) is 2.55. The second kappa shape index (κ2) is 5.50. The molecule has 0 rings (SSSR count). The van der Waals surface area contributed by atoms with Gasteiger partial charge in [-0.15, -0.1) is 0 Å². The molecule has 0 saturated carbocycles. The van der Waals surface area contributed by atoms with E-state index in [2.05, 4.69) is 4.74 Å². The van der Waals surface area contributed by atoms with Crippen molar-refractivity contribution >= 4 is 11.9 Å². The van der Waals surface area contributed by atoms with E-state index in [-0.39, 0.29) is 12.8 Å². The molecule has 0 aromatic carbocycles. The fourth-order valence-electron chi connectivity index (χ4n) is 0.744. The fraction of sp³-hybridized carbons (Fsp3) is 0.714. The van der Waals surface area contributed by atoms with Crippen molar-refractivity contribution in [2.45, 2.75) is 25.0 Å². The highest BCUT2D eigenvalue weighted by molar-refractivity contribution is 5.76. The number of carbonyl (C=O) groups excluding carboxylic acids is 1. The molecule has 6 nitrogen and oxygen atoms in total. The molecule has 76 valence electrons. The molecule has 0 saturated heterocycles. The van der Waals surface area contributed by atoms with E-state index < -0.39 is 24.1 Å². The van der Waals surface area contributed by atoms with Gasteiger partial charge in [0.15, 0.2) is 0 Å². The van der Waals surface area contributed by atoms with Crippen LogP contribution in [0.4, 0.5) is 0 Å². The monoisotopic (exact) mass is 191 g/mol. The summed E-state index contributed by atoms with van der Waals surface area (Å²) in [5.41, 5.74) is 5.24. The minimum Gasteiger partial charge on any atom is -0.481 e. The minimum absolute atomic E-state index is 0.0639. The summed E-state index contributed by atoms with van der Waals surface area (Å²) < 4.78 is 4.27. The van der Waals surface area contributed by atoms with Crippen molar-refractivity contribution in [1.29, 1.82) is 0 Å². The van der Waals surface area contributed by atoms with E-state index in [1.807, 2.05) is 0 Å². The van der Waals surface area contributed by atoms with Gasteiger partial charge in [-0.3, -0.25) is 9.59 Å². The summed E-state index contributed by atoms with van der Waals surface area (Å²) in [6.45, 7) is 0. The number of aliphatic hydroxyl groups is 1. The second-order valence-electron chi connectivity index (χ2n) is 2.55. The highest BCUT2D eigenvalue weighted by atomic mass is 16.5. The van der Waals surface area contributed by atoms with Gasteiger partial charge >= 0.3 is 11.9 Å². The van der Waals surface area contributed by atoms with Crippen molar-refractivity contribution in [1.82, 2.24) is 0 Å². The van der Waals surface area contributed by atoms with Gasteiger partial charge in [0.1, 0.15) is 6.04 Å². The van der Waals surface area contributed by atoms with Crippen LogP contribution in [0, 0.1) is 0 Å². The first-order valence-corrected chi connectivity index (χ1v) is 3.72. The van der Waals surface area contributed by atoms with Gasteiger partial charge in [-0.1, -0.05) is 0 Å². The Labute approximate surface area is 75.3 Å². The molecule has 6 heteroatoms. The number of rotatable bonds is 5. The molecule has 0 aromatic heterocycles. The van der Waals surface area contributed by atoms with Gasteiger partial charge in [-0.25, -0.2) is 0 Å². The number of carbonyl (C=O) groups is 2. The molecule has 0 aliphatic rings. The summed E-state index contributed by atoms with van der Waals surface area (Å²) in [6, 6.07) is -1.18. The lowest BCUT2D eigenvalue weighted by Gasteiger charge is -2.15. The predicted octanol–water partition coefficient (Wildman–Crippen LogP) is -1.29. The van der Waals surface area contributed by atoms with Gasteiger partial charge in [0.2, 0.25) is 0 Å². The van der Waals surface area contributed by atoms with Crippen molar-refractivity contribution in [3.8, 4) is 0 Å². The van der Waals surface area contributed by atoms with E-state index in [4.69, 9.17) is 10.8 Å². The van der Waals surface area contributed by atoms with Gasteiger partial charge in [-0.05, 0) is 6.42 Å². The molecule has 0 fully saturated rings. The molecular weight excluding hydrogens is 178 g/mol. The molecule has 0 amide bonds. The summed E-state index contributed by atoms with van der Waals surface area (Å²) >= 11 is 0. The van der Waals surface area contributed by atoms with Crippen molar-refractivity contribution in [3.63, 3.8) is 0 Å². The number of methoxy groups -OCH3 is 1. The minimum atomic E-state index is -1.18. The largest absolute Gasteiger partial charge is 0.481 e. The standard InChI is InChI=1S/C7H13NO5/c1-13-7(12)6(8)4(9)2-3-5(10)11/h4,6,9H,2-3,8H2,1H3,(H,10,11). The van der Waals surface area contributed by atoms with Crippen LogP contribution in [0.2, 0.25) is 0 Å². The average molecular weight is 191 g/mol. The van der Waals surface area contributed by atoms with E-state index in [0.717, 1.165) is 7.11 Å². The number of esters is 1. The van der Waals surface area contributed by atoms with Crippen LogP contribution in [0.3, 0.4) is 0 Å². The lowest BCUT2D eigenvalue weighted by Crippen LogP contribution is -2.42. The zero-order chi connectivity index (χ0) is 10.4. The van der Waals surface area contributed by atoms with Gasteiger partial charge in [-0.2, -0.15) is 0 Å². The summed E-state index contributed by atoms with van der Waals surface area (Å²) in [6.07, 6.45) is -1.47. The number of nitrogens with two attached hydrogens (primary N) is 1. The Bertz CT molecular complexity index is 193. The van der Waals surface area contributed by atoms with Crippen molar-refractivity contribution < 1.29 is 24.5 Å². The summed E-state index contributed by atoms with van der Waals surface area (Å²) in [7, 11) is 1.14. The van der Waals surface area contributed by atoms with Crippen LogP contribution in [-0.4, -0.2) is 41.4 Å². The number of aliphatic hydroxyl groups excluding tert-OH is 1. The zero-order valence-electron chi connectivity index (χ0n) is 7.27. The fourth-order valence-corrected chi connectivity index (χ4v) is 0.744. The van der Waals surface area contributed by atoms with Gasteiger partial charge in [0, 0.05) is 6.42 Å². The third kappa shape index (κ3) is 4.44. The van der Waals surface area contributed by atoms with E-state index in [0.29, 0.717) is 0 Å². The van der Waals surface area contributed by atoms with E-state index in [1.165, 1.54) is 0 Å². The summed E-state index contributed by atoms with van der Waals surface area (Å²) in [5.74, 6) is -1.80. The molecule has 0 radical (unpaired) electrons. The molecule has 0 aliphatic carbocycles. The maximum absolute atomic E-state index is 10.7. The number of carboxylic acids is 1. The quantitative estimate of drug-likeness (QED) is 0.466. The van der Waals surface area contributed by atoms with Crippen LogP contribution in [-0.2, 0) is 14.3 Å². The van der Waals surface area contributed by atoms with Crippen molar-refractivity contribution in [3.05, 3.63) is 0 Å². The lowest BCUT2D eigenvalue weighted by molar-refractivity contribution is -0.146. The highest BCUT2D eigenvalue weighted by Crippen LogP contribution is 2.02. The SMILES string of the molecule is COC(=O)C(N)C(O)CCC(=O)O. The number of hydrogen-bond acceptors (Lipinski definition) is 5. The van der Waals surface area contributed by atoms with E-state index >= 15 is 0 Å². The van der Waals surface area contributed by atoms with Crippen LogP contribution in [0.1, 0.15) is 12.8 Å². The average Bonchev–Trinajstić information content (AvgIpc) is 2.11. The molecule has 0 bridgehead atoms. The molecule has 2 atom stereocenters. The topological polar surface area (TPSA) is 110 Å². The van der Waals surface area contributed by atoms with Crippen LogP contribution < -0.4 is 5.73 Å². The van der Waals surface area contributed by atoms with Gasteiger partial charge in [0.25, 0.3) is 0 Å². The third-order valence-electron chi connectivity index (χ3n) is 1.54. The van der Waals surface area contributed by atoms with Gasteiger partial charge < -0.3 is 20.7 Å². The maximum atomic E-state index is 10.7. The molecule has 0 aromatic rings. The van der Waals surface area contributed by atoms with E-state index in [9.17, 15) is 14.7 Å². The Morgan fingerprint density at radius 1 is 1.54 bits per heavy atom. The van der Waals surface area contributed by atoms with Crippen molar-refractivity contribution in [2.75, 3.05) is 7.11 Å². The zero-order valence-corrected chi connectivity index (χ0v) is 7.27. The predicted molar refractivity (Wildman–Crippen MR) is 42.9 cm³/mol. The Hall–Kier alpha value is -1.14. The Morgan fingerprint density at radius 2 is 2.08 bits per heavy atom. The van der Waals surface area contributed by atoms with Crippen LogP contribution in [0.25, 0.3) is 0 Å². The molecule has 13 heavy (non-hydrogen) atoms. The Balaban J connectivity index is 3.88. The van der Waals surface area contributed by atoms with Gasteiger partial charge in [0.05, 0.1) is 13.2 Å². The molecule has 4 N–H and O–H groups in total. The smallest absolute Gasteiger partial charge is 0.325 e. The first-order valence-electron chi connectivity index (χ1n) is 3.72. The van der Waals surface area contributed by atoms with Crippen LogP contribution in [0.5, 0.6) is 0 Å². The first-order chi connectivity index (χ1) is 5.99. The molecule has 0 spiro atoms. The lowest BCUT2D eigenvalue weighted by atomic mass is 10.1. The Morgan fingerprint density at radius 3 is 2.46 bits per heavy atom. The maximum Gasteiger partial charge on any atom is 0.325 e. The normalized spacial score (nSPS) is 14.7. The highest BCUT2D eigenvalue weighted by Gasteiger charge is 2.23. The van der Waals surface area contributed by atoms with Crippen LogP contribution in [0.15, 0.2) is 0 Å². The molecule has 0 aliphatic heterocycles. The Kier molecular flexibility index (Phi) is 5.01. The third-order valence-corrected chi connectivity index (χ3v) is 1.54. The number of ether oxygens (including phenoxy) is 1. The summed E-state index contributed by atoms with van der Waals surface area (Å²) in [5, 5.41) is 17.5. The molecule has 2 unspecified atom stereocenters. The number of carboxylic acid groups (broad SMARTS) is 1.